The molecule has 2 saturated heterocycles. The highest BCUT2D eigenvalue weighted by Crippen LogP contribution is 2.37. The van der Waals surface area contributed by atoms with Gasteiger partial charge in [-0.05, 0) is 54.7 Å². The van der Waals surface area contributed by atoms with E-state index in [2.05, 4.69) is 15.6 Å². The van der Waals surface area contributed by atoms with Crippen molar-refractivity contribution in [1.82, 2.24) is 20.5 Å². The van der Waals surface area contributed by atoms with Crippen LogP contribution in [0.15, 0.2) is 42.5 Å². The molecule has 2 fully saturated rings. The van der Waals surface area contributed by atoms with Crippen molar-refractivity contribution in [2.75, 3.05) is 13.1 Å². The second-order valence-electron chi connectivity index (χ2n) is 9.75. The molecule has 7 nitrogen and oxygen atoms in total. The number of aromatic nitrogens is 1. The van der Waals surface area contributed by atoms with Crippen molar-refractivity contribution in [2.45, 2.75) is 44.3 Å². The van der Waals surface area contributed by atoms with Gasteiger partial charge in [-0.3, -0.25) is 14.9 Å². The Morgan fingerprint density at radius 3 is 2.35 bits per heavy atom. The Morgan fingerprint density at radius 2 is 1.78 bits per heavy atom. The second kappa shape index (κ2) is 9.13. The van der Waals surface area contributed by atoms with Gasteiger partial charge in [-0.15, -0.1) is 11.3 Å². The number of rotatable bonds is 4. The smallest absolute Gasteiger partial charge is 0.339 e. The molecule has 2 aliphatic rings. The van der Waals surface area contributed by atoms with Crippen LogP contribution in [0.2, 0.25) is 0 Å². The predicted octanol–water partition coefficient (Wildman–Crippen LogP) is 5.03. The van der Waals surface area contributed by atoms with Crippen molar-refractivity contribution >= 4 is 39.4 Å². The molecule has 0 saturated carbocycles. The Balaban J connectivity index is 1.26. The molecule has 2 N–H and O–H groups in total. The SMILES string of the molecule is CC(C)C1(c2ccc(C(=O)N3CCC(c4nc5cc(C(F)(F)F)ccc5s4)CC3)cc2)NC(=O)NC1=O. The minimum Gasteiger partial charge on any atom is -0.339 e. The number of carbonyl (C=O) groups is 3. The quantitative estimate of drug-likeness (QED) is 0.463. The first-order chi connectivity index (χ1) is 17.5. The summed E-state index contributed by atoms with van der Waals surface area (Å²) in [6, 6.07) is 9.80. The van der Waals surface area contributed by atoms with E-state index in [4.69, 9.17) is 0 Å². The Labute approximate surface area is 215 Å². The molecule has 11 heteroatoms. The summed E-state index contributed by atoms with van der Waals surface area (Å²) in [6.07, 6.45) is -3.08. The van der Waals surface area contributed by atoms with Gasteiger partial charge >= 0.3 is 12.2 Å². The van der Waals surface area contributed by atoms with Gasteiger partial charge in [0, 0.05) is 24.6 Å². The highest BCUT2D eigenvalue weighted by atomic mass is 32.1. The van der Waals surface area contributed by atoms with Crippen LogP contribution in [0.25, 0.3) is 10.2 Å². The fourth-order valence-corrected chi connectivity index (χ4v) is 6.21. The molecule has 4 amide bonds. The third-order valence-corrected chi connectivity index (χ3v) is 8.41. The molecule has 1 aromatic heterocycles. The molecule has 2 aromatic carbocycles. The van der Waals surface area contributed by atoms with Crippen molar-refractivity contribution in [3.63, 3.8) is 0 Å². The van der Waals surface area contributed by atoms with E-state index in [0.29, 0.717) is 47.3 Å². The molecule has 0 radical (unpaired) electrons. The normalized spacial score (nSPS) is 21.0. The van der Waals surface area contributed by atoms with E-state index in [1.54, 1.807) is 29.2 Å². The zero-order chi connectivity index (χ0) is 26.5. The van der Waals surface area contributed by atoms with Crippen LogP contribution >= 0.6 is 11.3 Å². The maximum atomic E-state index is 13.1. The van der Waals surface area contributed by atoms with E-state index in [-0.39, 0.29) is 17.7 Å². The number of amides is 4. The Kier molecular flexibility index (Phi) is 6.21. The minimum atomic E-state index is -4.41. The van der Waals surface area contributed by atoms with Crippen molar-refractivity contribution in [1.29, 1.82) is 0 Å². The number of likely N-dealkylation sites (tertiary alicyclic amines) is 1. The van der Waals surface area contributed by atoms with E-state index >= 15 is 0 Å². The van der Waals surface area contributed by atoms with Crippen molar-refractivity contribution in [3.8, 4) is 0 Å². The molecule has 194 valence electrons. The molecule has 0 bridgehead atoms. The number of piperidine rings is 1. The molecule has 5 rings (SSSR count). The number of imide groups is 1. The van der Waals surface area contributed by atoms with Gasteiger partial charge in [0.25, 0.3) is 11.8 Å². The van der Waals surface area contributed by atoms with Crippen molar-refractivity contribution in [3.05, 3.63) is 64.2 Å². The zero-order valence-electron chi connectivity index (χ0n) is 20.2. The highest BCUT2D eigenvalue weighted by Gasteiger charge is 2.50. The van der Waals surface area contributed by atoms with E-state index in [1.165, 1.54) is 17.4 Å². The number of halogens is 3. The number of fused-ring (bicyclic) bond motifs is 1. The van der Waals surface area contributed by atoms with Gasteiger partial charge in [-0.1, -0.05) is 26.0 Å². The molecule has 0 spiro atoms. The fraction of sp³-hybridized carbons (Fsp3) is 0.385. The number of benzene rings is 2. The van der Waals surface area contributed by atoms with Gasteiger partial charge in [0.2, 0.25) is 0 Å². The number of hydrogen-bond donors (Lipinski definition) is 2. The number of nitrogens with zero attached hydrogens (tertiary/aromatic N) is 2. The minimum absolute atomic E-state index is 0.0774. The lowest BCUT2D eigenvalue weighted by atomic mass is 9.79. The summed E-state index contributed by atoms with van der Waals surface area (Å²) in [4.78, 5) is 43.7. The largest absolute Gasteiger partial charge is 0.416 e. The molecule has 2 aliphatic heterocycles. The summed E-state index contributed by atoms with van der Waals surface area (Å²) in [7, 11) is 0. The zero-order valence-corrected chi connectivity index (χ0v) is 21.0. The summed E-state index contributed by atoms with van der Waals surface area (Å²) in [5.74, 6) is -0.684. The van der Waals surface area contributed by atoms with Crippen LogP contribution in [-0.2, 0) is 16.5 Å². The molecule has 37 heavy (non-hydrogen) atoms. The van der Waals surface area contributed by atoms with Crippen molar-refractivity contribution in [2.24, 2.45) is 5.92 Å². The molecule has 0 aliphatic carbocycles. The number of hydrogen-bond acceptors (Lipinski definition) is 5. The first-order valence-corrected chi connectivity index (χ1v) is 12.8. The van der Waals surface area contributed by atoms with Gasteiger partial charge in [0.05, 0.1) is 20.8 Å². The summed E-state index contributed by atoms with van der Waals surface area (Å²) in [5.41, 5.74) is -0.468. The Morgan fingerprint density at radius 1 is 1.11 bits per heavy atom. The van der Waals surface area contributed by atoms with Gasteiger partial charge < -0.3 is 10.2 Å². The maximum Gasteiger partial charge on any atom is 0.416 e. The molecule has 1 unspecified atom stereocenters. The monoisotopic (exact) mass is 530 g/mol. The summed E-state index contributed by atoms with van der Waals surface area (Å²) < 4.78 is 39.8. The fourth-order valence-electron chi connectivity index (χ4n) is 5.10. The third-order valence-electron chi connectivity index (χ3n) is 7.21. The number of carbonyl (C=O) groups excluding carboxylic acids is 3. The van der Waals surface area contributed by atoms with Gasteiger partial charge in [0.15, 0.2) is 0 Å². The molecule has 3 aromatic rings. The van der Waals surface area contributed by atoms with Gasteiger partial charge in [0.1, 0.15) is 5.54 Å². The van der Waals surface area contributed by atoms with E-state index in [1.807, 2.05) is 13.8 Å². The van der Waals surface area contributed by atoms with Crippen molar-refractivity contribution < 1.29 is 27.6 Å². The van der Waals surface area contributed by atoms with E-state index in [9.17, 15) is 27.6 Å². The molecule has 3 heterocycles. The topological polar surface area (TPSA) is 91.4 Å². The van der Waals surface area contributed by atoms with Gasteiger partial charge in [-0.25, -0.2) is 9.78 Å². The Hall–Kier alpha value is -3.47. The Bertz CT molecular complexity index is 1380. The molecular weight excluding hydrogens is 505 g/mol. The van der Waals surface area contributed by atoms with Crippen LogP contribution in [0.4, 0.5) is 18.0 Å². The number of nitrogens with one attached hydrogen (secondary N) is 2. The van der Waals surface area contributed by atoms with Crippen LogP contribution in [0, 0.1) is 5.92 Å². The lowest BCUT2D eigenvalue weighted by molar-refractivity contribution is -0.137. The van der Waals surface area contributed by atoms with Gasteiger partial charge in [-0.2, -0.15) is 13.2 Å². The maximum absolute atomic E-state index is 13.1. The second-order valence-corrected chi connectivity index (χ2v) is 10.8. The van der Waals surface area contributed by atoms with Crippen LogP contribution in [-0.4, -0.2) is 40.8 Å². The molecular formula is C26H25F3N4O3S. The third kappa shape index (κ3) is 4.45. The predicted molar refractivity (Wildman–Crippen MR) is 132 cm³/mol. The number of urea groups is 1. The lowest BCUT2D eigenvalue weighted by Gasteiger charge is -2.32. The summed E-state index contributed by atoms with van der Waals surface area (Å²) in [5, 5.41) is 5.82. The number of thiazole rings is 1. The van der Waals surface area contributed by atoms with E-state index in [0.717, 1.165) is 17.1 Å². The molecule has 1 atom stereocenters. The van der Waals surface area contributed by atoms with Crippen LogP contribution in [0.3, 0.4) is 0 Å². The summed E-state index contributed by atoms with van der Waals surface area (Å²) in [6.45, 7) is 4.69. The van der Waals surface area contributed by atoms with Crippen LogP contribution in [0.5, 0.6) is 0 Å². The average molecular weight is 531 g/mol. The van der Waals surface area contributed by atoms with Crippen LogP contribution < -0.4 is 10.6 Å². The average Bonchev–Trinajstić information content (AvgIpc) is 3.43. The first kappa shape index (κ1) is 25.2. The lowest BCUT2D eigenvalue weighted by Crippen LogP contribution is -2.48. The summed E-state index contributed by atoms with van der Waals surface area (Å²) >= 11 is 1.40. The number of alkyl halides is 3. The standard InChI is InChI=1S/C26H25F3N4O3S/c1-14(2)25(23(35)31-24(36)32-25)17-5-3-16(4-6-17)22(34)33-11-9-15(10-12-33)21-30-19-13-18(26(27,28)29)7-8-20(19)37-21/h3-8,13-15H,9-12H2,1-2H3,(H2,31,32,35,36). The van der Waals surface area contributed by atoms with Crippen LogP contribution in [0.1, 0.15) is 59.1 Å². The first-order valence-electron chi connectivity index (χ1n) is 12.0. The highest BCUT2D eigenvalue weighted by molar-refractivity contribution is 7.18. The van der Waals surface area contributed by atoms with E-state index < -0.39 is 29.2 Å².